The molecule has 5 nitrogen and oxygen atoms in total. The molecule has 1 aliphatic rings. The van der Waals surface area contributed by atoms with Crippen molar-refractivity contribution >= 4 is 5.91 Å². The van der Waals surface area contributed by atoms with E-state index in [1.165, 1.54) is 6.92 Å². The molecule has 7 heteroatoms. The maximum Gasteiger partial charge on any atom is 0.333 e. The lowest BCUT2D eigenvalue weighted by atomic mass is 9.90. The molecule has 1 aromatic rings. The predicted octanol–water partition coefficient (Wildman–Crippen LogP) is 1.42. The maximum absolute atomic E-state index is 12.7. The minimum atomic E-state index is -2.70. The van der Waals surface area contributed by atoms with E-state index < -0.39 is 12.2 Å². The lowest BCUT2D eigenvalue weighted by Crippen LogP contribution is -2.63. The van der Waals surface area contributed by atoms with Crippen LogP contribution < -0.4 is 0 Å². The van der Waals surface area contributed by atoms with Crippen molar-refractivity contribution in [3.63, 3.8) is 0 Å². The van der Waals surface area contributed by atoms with Crippen LogP contribution in [0.15, 0.2) is 0 Å². The van der Waals surface area contributed by atoms with Crippen LogP contribution >= 0.6 is 0 Å². The Hall–Kier alpha value is -1.50. The molecule has 1 amide bonds. The van der Waals surface area contributed by atoms with Crippen LogP contribution in [0.5, 0.6) is 0 Å². The number of hydrogen-bond donors (Lipinski definition) is 1. The van der Waals surface area contributed by atoms with Crippen LogP contribution in [-0.4, -0.2) is 44.4 Å². The maximum atomic E-state index is 12.7. The van der Waals surface area contributed by atoms with Gasteiger partial charge >= 0.3 is 6.55 Å². The minimum absolute atomic E-state index is 0.0458. The Bertz CT molecular complexity index is 522. The van der Waals surface area contributed by atoms with Crippen molar-refractivity contribution in [1.29, 1.82) is 0 Å². The number of alkyl halides is 2. The Balaban J connectivity index is 2.06. The first-order valence-corrected chi connectivity index (χ1v) is 6.60. The van der Waals surface area contributed by atoms with Gasteiger partial charge in [-0.15, -0.1) is 0 Å². The second-order valence-electron chi connectivity index (χ2n) is 5.38. The van der Waals surface area contributed by atoms with Crippen LogP contribution in [0, 0.1) is 13.8 Å². The van der Waals surface area contributed by atoms with E-state index in [1.807, 2.05) is 6.92 Å². The average Bonchev–Trinajstić information content (AvgIpc) is 2.62. The molecule has 0 unspecified atom stereocenters. The van der Waals surface area contributed by atoms with E-state index in [4.69, 9.17) is 0 Å². The fraction of sp³-hybridized carbons (Fsp3) is 0.692. The largest absolute Gasteiger partial charge is 0.386 e. The molecule has 1 saturated heterocycles. The SMILES string of the molecule is CCC1(O)CN(C(=O)Cc2c(C)nn(C(F)F)c2C)C1. The van der Waals surface area contributed by atoms with E-state index in [9.17, 15) is 18.7 Å². The zero-order valence-electron chi connectivity index (χ0n) is 11.9. The zero-order chi connectivity index (χ0) is 15.1. The summed E-state index contributed by atoms with van der Waals surface area (Å²) in [4.78, 5) is 13.6. The van der Waals surface area contributed by atoms with Gasteiger partial charge in [-0.2, -0.15) is 13.9 Å². The summed E-state index contributed by atoms with van der Waals surface area (Å²) in [6.07, 6.45) is 0.641. The van der Waals surface area contributed by atoms with E-state index in [0.29, 0.717) is 41.1 Å². The second kappa shape index (κ2) is 5.12. The number of likely N-dealkylation sites (tertiary alicyclic amines) is 1. The number of nitrogens with zero attached hydrogens (tertiary/aromatic N) is 3. The molecule has 1 N–H and O–H groups in total. The fourth-order valence-electron chi connectivity index (χ4n) is 2.47. The summed E-state index contributed by atoms with van der Waals surface area (Å²) in [5.74, 6) is -0.164. The van der Waals surface area contributed by atoms with Crippen LogP contribution in [0.2, 0.25) is 0 Å². The monoisotopic (exact) mass is 287 g/mol. The zero-order valence-corrected chi connectivity index (χ0v) is 11.9. The lowest BCUT2D eigenvalue weighted by Gasteiger charge is -2.46. The van der Waals surface area contributed by atoms with Crippen LogP contribution in [-0.2, 0) is 11.2 Å². The van der Waals surface area contributed by atoms with Crippen LogP contribution in [0.1, 0.15) is 36.8 Å². The van der Waals surface area contributed by atoms with Gasteiger partial charge in [0.2, 0.25) is 5.91 Å². The van der Waals surface area contributed by atoms with Gasteiger partial charge in [0.1, 0.15) is 0 Å². The van der Waals surface area contributed by atoms with E-state index in [2.05, 4.69) is 5.10 Å². The summed E-state index contributed by atoms with van der Waals surface area (Å²) in [7, 11) is 0. The first-order chi connectivity index (χ1) is 9.27. The number of aromatic nitrogens is 2. The van der Waals surface area contributed by atoms with Crippen LogP contribution in [0.25, 0.3) is 0 Å². The third-order valence-electron chi connectivity index (χ3n) is 3.97. The number of carbonyl (C=O) groups excluding carboxylic acids is 1. The molecule has 112 valence electrons. The summed E-state index contributed by atoms with van der Waals surface area (Å²) in [5.41, 5.74) is 0.522. The fourth-order valence-corrected chi connectivity index (χ4v) is 2.47. The summed E-state index contributed by atoms with van der Waals surface area (Å²) >= 11 is 0. The molecule has 2 heterocycles. The smallest absolute Gasteiger partial charge is 0.333 e. The van der Waals surface area contributed by atoms with Gasteiger partial charge in [-0.25, -0.2) is 4.68 Å². The van der Waals surface area contributed by atoms with Crippen molar-refractivity contribution in [2.24, 2.45) is 0 Å². The van der Waals surface area contributed by atoms with E-state index in [0.717, 1.165) is 0 Å². The number of rotatable bonds is 4. The van der Waals surface area contributed by atoms with Crippen molar-refractivity contribution in [3.05, 3.63) is 17.0 Å². The number of aryl methyl sites for hydroxylation is 1. The van der Waals surface area contributed by atoms with Gasteiger partial charge in [-0.3, -0.25) is 4.79 Å². The number of carbonyl (C=O) groups is 1. The highest BCUT2D eigenvalue weighted by Gasteiger charge is 2.42. The summed E-state index contributed by atoms with van der Waals surface area (Å²) in [5, 5.41) is 13.6. The lowest BCUT2D eigenvalue weighted by molar-refractivity contribution is -0.155. The number of amides is 1. The van der Waals surface area contributed by atoms with Gasteiger partial charge in [-0.05, 0) is 20.3 Å². The minimum Gasteiger partial charge on any atom is -0.386 e. The van der Waals surface area contributed by atoms with E-state index in [1.54, 1.807) is 11.8 Å². The first-order valence-electron chi connectivity index (χ1n) is 6.60. The van der Waals surface area contributed by atoms with E-state index in [-0.39, 0.29) is 12.3 Å². The molecular weight excluding hydrogens is 268 g/mol. The molecule has 1 fully saturated rings. The van der Waals surface area contributed by atoms with Gasteiger partial charge in [0, 0.05) is 11.3 Å². The highest BCUT2D eigenvalue weighted by atomic mass is 19.3. The number of hydrogen-bond acceptors (Lipinski definition) is 3. The third-order valence-corrected chi connectivity index (χ3v) is 3.97. The number of aliphatic hydroxyl groups is 1. The predicted molar refractivity (Wildman–Crippen MR) is 68.5 cm³/mol. The Kier molecular flexibility index (Phi) is 3.82. The Morgan fingerprint density at radius 2 is 2.05 bits per heavy atom. The van der Waals surface area contributed by atoms with Crippen LogP contribution in [0.3, 0.4) is 0 Å². The third kappa shape index (κ3) is 2.54. The molecule has 2 rings (SSSR count). The standard InChI is InChI=1S/C13H19F2N3O2/c1-4-13(20)6-17(7-13)11(19)5-10-8(2)16-18(9(10)3)12(14)15/h12,20H,4-7H2,1-3H3. The Morgan fingerprint density at radius 3 is 2.50 bits per heavy atom. The molecule has 0 spiro atoms. The molecule has 1 aliphatic heterocycles. The van der Waals surface area contributed by atoms with Gasteiger partial charge in [-0.1, -0.05) is 6.92 Å². The highest BCUT2D eigenvalue weighted by Crippen LogP contribution is 2.26. The summed E-state index contributed by atoms with van der Waals surface area (Å²) < 4.78 is 26.1. The molecule has 0 atom stereocenters. The molecule has 0 saturated carbocycles. The molecule has 0 aromatic carbocycles. The quantitative estimate of drug-likeness (QED) is 0.911. The molecule has 0 bridgehead atoms. The number of β-amino-alcohol motifs (C(OH)–C–C–N with tert-alkyl or cyclic N) is 1. The average molecular weight is 287 g/mol. The van der Waals surface area contributed by atoms with Gasteiger partial charge in [0.15, 0.2) is 0 Å². The molecule has 1 aromatic heterocycles. The van der Waals surface area contributed by atoms with Gasteiger partial charge in [0.05, 0.1) is 30.8 Å². The summed E-state index contributed by atoms with van der Waals surface area (Å²) in [6.45, 7) is 2.93. The second-order valence-corrected chi connectivity index (χ2v) is 5.38. The molecule has 20 heavy (non-hydrogen) atoms. The molecule has 0 aliphatic carbocycles. The Morgan fingerprint density at radius 1 is 1.45 bits per heavy atom. The van der Waals surface area contributed by atoms with Crippen molar-refractivity contribution in [2.45, 2.75) is 45.8 Å². The van der Waals surface area contributed by atoms with Crippen molar-refractivity contribution in [3.8, 4) is 0 Å². The normalized spacial score (nSPS) is 17.4. The van der Waals surface area contributed by atoms with Gasteiger partial charge in [0.25, 0.3) is 0 Å². The number of halogens is 2. The van der Waals surface area contributed by atoms with Crippen molar-refractivity contribution < 1.29 is 18.7 Å². The Labute approximate surface area is 116 Å². The van der Waals surface area contributed by atoms with Crippen molar-refractivity contribution in [2.75, 3.05) is 13.1 Å². The first kappa shape index (κ1) is 14.9. The molecule has 0 radical (unpaired) electrons. The van der Waals surface area contributed by atoms with Gasteiger partial charge < -0.3 is 10.0 Å². The van der Waals surface area contributed by atoms with E-state index >= 15 is 0 Å². The molecular formula is C13H19F2N3O2. The topological polar surface area (TPSA) is 58.4 Å². The summed E-state index contributed by atoms with van der Waals surface area (Å²) in [6, 6.07) is 0. The van der Waals surface area contributed by atoms with Crippen molar-refractivity contribution in [1.82, 2.24) is 14.7 Å². The van der Waals surface area contributed by atoms with Crippen LogP contribution in [0.4, 0.5) is 8.78 Å². The highest BCUT2D eigenvalue weighted by molar-refractivity contribution is 5.80.